The summed E-state index contributed by atoms with van der Waals surface area (Å²) >= 11 is 0. The number of carbonyl (C=O) groups is 2. The largest absolute Gasteiger partial charge is 0.493 e. The van der Waals surface area contributed by atoms with E-state index in [0.29, 0.717) is 35.3 Å². The molecular formula is C20H19NO6. The van der Waals surface area contributed by atoms with Crippen molar-refractivity contribution in [3.05, 3.63) is 48.0 Å². The number of nitrogens with one attached hydrogen (secondary N) is 1. The zero-order valence-electron chi connectivity index (χ0n) is 15.0. The van der Waals surface area contributed by atoms with Crippen LogP contribution in [-0.4, -0.2) is 32.2 Å². The minimum absolute atomic E-state index is 0.0656. The number of amides is 1. The van der Waals surface area contributed by atoms with Crippen molar-refractivity contribution in [3.8, 4) is 23.0 Å². The molecule has 27 heavy (non-hydrogen) atoms. The maximum Gasteiger partial charge on any atom is 0.336 e. The molecule has 0 aromatic heterocycles. The summed E-state index contributed by atoms with van der Waals surface area (Å²) in [7, 11) is 1.56. The lowest BCUT2D eigenvalue weighted by Gasteiger charge is -2.18. The van der Waals surface area contributed by atoms with Crippen LogP contribution in [-0.2, 0) is 9.59 Å². The van der Waals surface area contributed by atoms with Gasteiger partial charge in [-0.25, -0.2) is 4.79 Å². The van der Waals surface area contributed by atoms with Crippen molar-refractivity contribution in [3.63, 3.8) is 0 Å². The van der Waals surface area contributed by atoms with Crippen molar-refractivity contribution < 1.29 is 28.5 Å². The fourth-order valence-electron chi connectivity index (χ4n) is 2.50. The number of ether oxygens (including phenoxy) is 4. The predicted octanol–water partition coefficient (Wildman–Crippen LogP) is 3.04. The molecule has 7 heteroatoms. The van der Waals surface area contributed by atoms with E-state index in [9.17, 15) is 9.59 Å². The van der Waals surface area contributed by atoms with Crippen molar-refractivity contribution >= 4 is 23.6 Å². The van der Waals surface area contributed by atoms with Crippen LogP contribution in [0.25, 0.3) is 6.08 Å². The van der Waals surface area contributed by atoms with Gasteiger partial charge in [0.1, 0.15) is 11.5 Å². The predicted molar refractivity (Wildman–Crippen MR) is 99.4 cm³/mol. The average Bonchev–Trinajstić information content (AvgIpc) is 2.67. The van der Waals surface area contributed by atoms with Crippen LogP contribution in [0.15, 0.2) is 42.5 Å². The van der Waals surface area contributed by atoms with E-state index in [4.69, 9.17) is 18.9 Å². The standard InChI is InChI=1S/C20H19NO6/c1-3-25-16-8-4-13(10-18(16)24-2)5-9-20(23)27-14-6-7-15-17(11-14)26-12-19(22)21-15/h4-11H,3,12H2,1-2H3,(H,21,22)/b9-5+. The topological polar surface area (TPSA) is 83.1 Å². The van der Waals surface area contributed by atoms with Gasteiger partial charge in [-0.05, 0) is 42.8 Å². The Bertz CT molecular complexity index is 890. The van der Waals surface area contributed by atoms with Crippen molar-refractivity contribution in [2.45, 2.75) is 6.92 Å². The number of benzene rings is 2. The number of esters is 1. The lowest BCUT2D eigenvalue weighted by Crippen LogP contribution is -2.25. The van der Waals surface area contributed by atoms with Crippen molar-refractivity contribution in [2.24, 2.45) is 0 Å². The summed E-state index contributed by atoms with van der Waals surface area (Å²) in [5.41, 5.74) is 1.31. The third-order valence-electron chi connectivity index (χ3n) is 3.70. The van der Waals surface area contributed by atoms with Gasteiger partial charge in [0.2, 0.25) is 0 Å². The van der Waals surface area contributed by atoms with Crippen LogP contribution in [0.3, 0.4) is 0 Å². The number of carbonyl (C=O) groups excluding carboxylic acids is 2. The van der Waals surface area contributed by atoms with Crippen molar-refractivity contribution in [1.82, 2.24) is 0 Å². The summed E-state index contributed by atoms with van der Waals surface area (Å²) in [6.45, 7) is 2.36. The van der Waals surface area contributed by atoms with E-state index in [2.05, 4.69) is 5.32 Å². The molecule has 2 aromatic rings. The van der Waals surface area contributed by atoms with Gasteiger partial charge in [-0.15, -0.1) is 0 Å². The summed E-state index contributed by atoms with van der Waals surface area (Å²) in [5, 5.41) is 2.67. The Hall–Kier alpha value is -3.48. The first-order valence-corrected chi connectivity index (χ1v) is 8.36. The minimum atomic E-state index is -0.539. The molecule has 1 aliphatic rings. The molecule has 0 saturated heterocycles. The number of methoxy groups -OCH3 is 1. The van der Waals surface area contributed by atoms with E-state index in [1.54, 1.807) is 43.5 Å². The highest BCUT2D eigenvalue weighted by atomic mass is 16.5. The maximum absolute atomic E-state index is 12.1. The molecule has 0 saturated carbocycles. The Kier molecular flexibility index (Phi) is 5.61. The fourth-order valence-corrected chi connectivity index (χ4v) is 2.50. The molecule has 1 amide bonds. The molecule has 140 valence electrons. The molecule has 1 aliphatic heterocycles. The lowest BCUT2D eigenvalue weighted by molar-refractivity contribution is -0.129. The molecule has 0 atom stereocenters. The normalized spacial score (nSPS) is 12.7. The van der Waals surface area contributed by atoms with E-state index >= 15 is 0 Å². The van der Waals surface area contributed by atoms with Crippen LogP contribution >= 0.6 is 0 Å². The second-order valence-corrected chi connectivity index (χ2v) is 5.59. The first-order chi connectivity index (χ1) is 13.1. The molecule has 2 aromatic carbocycles. The smallest absolute Gasteiger partial charge is 0.336 e. The van der Waals surface area contributed by atoms with E-state index in [1.165, 1.54) is 6.08 Å². The molecule has 0 aliphatic carbocycles. The van der Waals surface area contributed by atoms with Gasteiger partial charge < -0.3 is 24.3 Å². The Morgan fingerprint density at radius 1 is 1.22 bits per heavy atom. The minimum Gasteiger partial charge on any atom is -0.493 e. The molecule has 1 N–H and O–H groups in total. The van der Waals surface area contributed by atoms with E-state index in [-0.39, 0.29) is 12.5 Å². The van der Waals surface area contributed by atoms with Crippen molar-refractivity contribution in [1.29, 1.82) is 0 Å². The summed E-state index contributed by atoms with van der Waals surface area (Å²) in [5.74, 6) is 1.25. The molecular weight excluding hydrogens is 350 g/mol. The third-order valence-corrected chi connectivity index (χ3v) is 3.70. The number of fused-ring (bicyclic) bond motifs is 1. The van der Waals surface area contributed by atoms with Crippen molar-refractivity contribution in [2.75, 3.05) is 25.6 Å². The Labute approximate surface area is 156 Å². The molecule has 0 spiro atoms. The second-order valence-electron chi connectivity index (χ2n) is 5.59. The highest BCUT2D eigenvalue weighted by Gasteiger charge is 2.16. The Balaban J connectivity index is 1.66. The second kappa shape index (κ2) is 8.27. The number of anilines is 1. The summed E-state index contributed by atoms with van der Waals surface area (Å²) < 4.78 is 21.3. The van der Waals surface area contributed by atoms with Gasteiger partial charge in [0.15, 0.2) is 18.1 Å². The third kappa shape index (κ3) is 4.58. The highest BCUT2D eigenvalue weighted by molar-refractivity contribution is 5.95. The van der Waals surface area contributed by atoms with Gasteiger partial charge in [0.25, 0.3) is 5.91 Å². The number of hydrogen-bond acceptors (Lipinski definition) is 6. The monoisotopic (exact) mass is 369 g/mol. The van der Waals surface area contributed by atoms with Gasteiger partial charge in [-0.1, -0.05) is 6.07 Å². The van der Waals surface area contributed by atoms with Crippen LogP contribution in [0.2, 0.25) is 0 Å². The van der Waals surface area contributed by atoms with Gasteiger partial charge in [-0.2, -0.15) is 0 Å². The molecule has 7 nitrogen and oxygen atoms in total. The van der Waals surface area contributed by atoms with E-state index in [1.807, 2.05) is 13.0 Å². The fraction of sp³-hybridized carbons (Fsp3) is 0.200. The SMILES string of the molecule is CCOc1ccc(/C=C/C(=O)Oc2ccc3c(c2)OCC(=O)N3)cc1OC. The first-order valence-electron chi connectivity index (χ1n) is 8.36. The zero-order valence-corrected chi connectivity index (χ0v) is 15.0. The molecule has 0 radical (unpaired) electrons. The Morgan fingerprint density at radius 2 is 2.07 bits per heavy atom. The van der Waals surface area contributed by atoms with Crippen LogP contribution in [0, 0.1) is 0 Å². The van der Waals surface area contributed by atoms with Gasteiger partial charge >= 0.3 is 5.97 Å². The van der Waals surface area contributed by atoms with Gasteiger partial charge in [0.05, 0.1) is 19.4 Å². The first kappa shape index (κ1) is 18.3. The number of rotatable bonds is 6. The quantitative estimate of drug-likeness (QED) is 0.479. The van der Waals surface area contributed by atoms with E-state index in [0.717, 1.165) is 5.56 Å². The highest BCUT2D eigenvalue weighted by Crippen LogP contribution is 2.32. The molecule has 1 heterocycles. The summed E-state index contributed by atoms with van der Waals surface area (Å²) in [6.07, 6.45) is 2.94. The van der Waals surface area contributed by atoms with Gasteiger partial charge in [-0.3, -0.25) is 4.79 Å². The molecule has 0 fully saturated rings. The summed E-state index contributed by atoms with van der Waals surface area (Å²) in [6, 6.07) is 10.1. The zero-order chi connectivity index (χ0) is 19.2. The average molecular weight is 369 g/mol. The summed E-state index contributed by atoms with van der Waals surface area (Å²) in [4.78, 5) is 23.3. The maximum atomic E-state index is 12.1. The molecule has 3 rings (SSSR count). The Morgan fingerprint density at radius 3 is 2.85 bits per heavy atom. The molecule has 0 unspecified atom stereocenters. The lowest BCUT2D eigenvalue weighted by atomic mass is 10.2. The van der Waals surface area contributed by atoms with E-state index < -0.39 is 5.97 Å². The van der Waals surface area contributed by atoms with Crippen LogP contribution in [0.5, 0.6) is 23.0 Å². The van der Waals surface area contributed by atoms with Gasteiger partial charge in [0, 0.05) is 12.1 Å². The van der Waals surface area contributed by atoms with Crippen LogP contribution in [0.4, 0.5) is 5.69 Å². The van der Waals surface area contributed by atoms with Crippen LogP contribution < -0.4 is 24.3 Å². The van der Waals surface area contributed by atoms with Crippen LogP contribution in [0.1, 0.15) is 12.5 Å². The molecule has 0 bridgehead atoms. The number of hydrogen-bond donors (Lipinski definition) is 1.